The third-order valence-corrected chi connectivity index (χ3v) is 3.72. The van der Waals surface area contributed by atoms with Crippen LogP contribution in [-0.2, 0) is 19.9 Å². The van der Waals surface area contributed by atoms with E-state index in [9.17, 15) is 4.39 Å². The van der Waals surface area contributed by atoms with Gasteiger partial charge in [0.25, 0.3) is 0 Å². The van der Waals surface area contributed by atoms with Crippen LogP contribution in [0.25, 0.3) is 0 Å². The van der Waals surface area contributed by atoms with Crippen molar-refractivity contribution in [3.8, 4) is 0 Å². The van der Waals surface area contributed by atoms with Gasteiger partial charge in [0.05, 0.1) is 5.69 Å². The van der Waals surface area contributed by atoms with Gasteiger partial charge in [0.2, 0.25) is 0 Å². The molecule has 0 amide bonds. The molecule has 21 heavy (non-hydrogen) atoms. The molecule has 1 heterocycles. The number of hydrogen-bond donors (Lipinski definition) is 1. The van der Waals surface area contributed by atoms with Crippen LogP contribution in [0.15, 0.2) is 30.3 Å². The summed E-state index contributed by atoms with van der Waals surface area (Å²) in [7, 11) is 1.95. The van der Waals surface area contributed by atoms with Crippen LogP contribution >= 0.6 is 0 Å². The SMILES string of the molecule is CCCNC(Cc1cc(CC)nn1C)c1ccccc1F. The van der Waals surface area contributed by atoms with Gasteiger partial charge in [-0.2, -0.15) is 5.10 Å². The molecule has 3 nitrogen and oxygen atoms in total. The van der Waals surface area contributed by atoms with Crippen LogP contribution < -0.4 is 5.32 Å². The van der Waals surface area contributed by atoms with Crippen LogP contribution in [0.1, 0.15) is 43.3 Å². The van der Waals surface area contributed by atoms with Crippen LogP contribution in [0.5, 0.6) is 0 Å². The second-order valence-corrected chi connectivity index (χ2v) is 5.34. The van der Waals surface area contributed by atoms with E-state index in [0.717, 1.165) is 42.8 Å². The first-order valence-corrected chi connectivity index (χ1v) is 7.65. The van der Waals surface area contributed by atoms with E-state index < -0.39 is 0 Å². The van der Waals surface area contributed by atoms with Gasteiger partial charge in [0.1, 0.15) is 5.82 Å². The molecular weight excluding hydrogens is 265 g/mol. The molecule has 1 atom stereocenters. The van der Waals surface area contributed by atoms with Crippen molar-refractivity contribution in [1.82, 2.24) is 15.1 Å². The summed E-state index contributed by atoms with van der Waals surface area (Å²) in [6.45, 7) is 5.08. The molecule has 0 radical (unpaired) electrons. The number of aromatic nitrogens is 2. The molecule has 0 fully saturated rings. The van der Waals surface area contributed by atoms with Crippen molar-refractivity contribution in [1.29, 1.82) is 0 Å². The first kappa shape index (κ1) is 15.7. The summed E-state index contributed by atoms with van der Waals surface area (Å²) >= 11 is 0. The maximum Gasteiger partial charge on any atom is 0.127 e. The Morgan fingerprint density at radius 2 is 2.05 bits per heavy atom. The number of nitrogens with one attached hydrogen (secondary N) is 1. The fourth-order valence-electron chi connectivity index (χ4n) is 2.51. The maximum absolute atomic E-state index is 14.1. The molecule has 0 aliphatic carbocycles. The zero-order chi connectivity index (χ0) is 15.2. The van der Waals surface area contributed by atoms with Crippen LogP contribution in [0.3, 0.4) is 0 Å². The normalized spacial score (nSPS) is 12.6. The average Bonchev–Trinajstić information content (AvgIpc) is 2.84. The quantitative estimate of drug-likeness (QED) is 0.846. The molecule has 1 unspecified atom stereocenters. The Labute approximate surface area is 126 Å². The zero-order valence-corrected chi connectivity index (χ0v) is 13.1. The van der Waals surface area contributed by atoms with Crippen molar-refractivity contribution in [2.24, 2.45) is 7.05 Å². The van der Waals surface area contributed by atoms with Gasteiger partial charge in [-0.3, -0.25) is 4.68 Å². The second kappa shape index (κ2) is 7.36. The Morgan fingerprint density at radius 1 is 1.29 bits per heavy atom. The summed E-state index contributed by atoms with van der Waals surface area (Å²) < 4.78 is 16.0. The number of hydrogen-bond acceptors (Lipinski definition) is 2. The van der Waals surface area contributed by atoms with Crippen molar-refractivity contribution < 1.29 is 4.39 Å². The Balaban J connectivity index is 2.24. The molecule has 4 heteroatoms. The summed E-state index contributed by atoms with van der Waals surface area (Å²) in [6, 6.07) is 9.10. The maximum atomic E-state index is 14.1. The van der Waals surface area contributed by atoms with Crippen molar-refractivity contribution in [2.45, 2.75) is 39.2 Å². The number of aryl methyl sites for hydroxylation is 2. The van der Waals surface area contributed by atoms with Gasteiger partial charge in [0.15, 0.2) is 0 Å². The molecule has 0 spiro atoms. The minimum absolute atomic E-state index is 0.0220. The second-order valence-electron chi connectivity index (χ2n) is 5.34. The van der Waals surface area contributed by atoms with Gasteiger partial charge in [-0.25, -0.2) is 4.39 Å². The van der Waals surface area contributed by atoms with E-state index >= 15 is 0 Å². The lowest BCUT2D eigenvalue weighted by Crippen LogP contribution is -2.25. The number of rotatable bonds is 7. The number of benzene rings is 1. The third kappa shape index (κ3) is 3.91. The summed E-state index contributed by atoms with van der Waals surface area (Å²) in [5, 5.41) is 7.92. The highest BCUT2D eigenvalue weighted by molar-refractivity contribution is 5.24. The van der Waals surface area contributed by atoms with Crippen molar-refractivity contribution in [3.63, 3.8) is 0 Å². The van der Waals surface area contributed by atoms with E-state index in [0.29, 0.717) is 0 Å². The molecule has 0 saturated heterocycles. The lowest BCUT2D eigenvalue weighted by atomic mass is 10.0. The molecule has 1 aromatic heterocycles. The number of halogens is 1. The monoisotopic (exact) mass is 289 g/mol. The Morgan fingerprint density at radius 3 is 2.67 bits per heavy atom. The van der Waals surface area contributed by atoms with E-state index in [1.54, 1.807) is 6.07 Å². The average molecular weight is 289 g/mol. The van der Waals surface area contributed by atoms with E-state index in [4.69, 9.17) is 0 Å². The molecule has 2 rings (SSSR count). The minimum Gasteiger partial charge on any atom is -0.310 e. The van der Waals surface area contributed by atoms with E-state index in [2.05, 4.69) is 30.3 Å². The minimum atomic E-state index is -0.149. The topological polar surface area (TPSA) is 29.9 Å². The molecule has 0 bridgehead atoms. The fourth-order valence-corrected chi connectivity index (χ4v) is 2.51. The highest BCUT2D eigenvalue weighted by atomic mass is 19.1. The largest absolute Gasteiger partial charge is 0.310 e. The molecule has 0 saturated carbocycles. The van der Waals surface area contributed by atoms with E-state index in [-0.39, 0.29) is 11.9 Å². The highest BCUT2D eigenvalue weighted by Gasteiger charge is 2.17. The molecule has 0 aliphatic heterocycles. The molecule has 114 valence electrons. The first-order chi connectivity index (χ1) is 10.2. The molecule has 2 aromatic rings. The smallest absolute Gasteiger partial charge is 0.127 e. The zero-order valence-electron chi connectivity index (χ0n) is 13.1. The lowest BCUT2D eigenvalue weighted by molar-refractivity contribution is 0.485. The van der Waals surface area contributed by atoms with Gasteiger partial charge in [-0.05, 0) is 31.5 Å². The van der Waals surface area contributed by atoms with Crippen LogP contribution in [0.2, 0.25) is 0 Å². The molecule has 1 N–H and O–H groups in total. The van der Waals surface area contributed by atoms with Gasteiger partial charge < -0.3 is 5.32 Å². The van der Waals surface area contributed by atoms with Crippen LogP contribution in [0, 0.1) is 5.82 Å². The van der Waals surface area contributed by atoms with Crippen molar-refractivity contribution >= 4 is 0 Å². The predicted octanol–water partition coefficient (Wildman–Crippen LogP) is 3.41. The highest BCUT2D eigenvalue weighted by Crippen LogP contribution is 2.21. The summed E-state index contributed by atoms with van der Waals surface area (Å²) in [5.41, 5.74) is 2.93. The first-order valence-electron chi connectivity index (χ1n) is 7.65. The van der Waals surface area contributed by atoms with Gasteiger partial charge in [0, 0.05) is 30.8 Å². The third-order valence-electron chi connectivity index (χ3n) is 3.72. The van der Waals surface area contributed by atoms with Crippen LogP contribution in [0.4, 0.5) is 4.39 Å². The Kier molecular flexibility index (Phi) is 5.51. The molecular formula is C17H24FN3. The number of nitrogens with zero attached hydrogens (tertiary/aromatic N) is 2. The summed E-state index contributed by atoms with van der Waals surface area (Å²) in [6.07, 6.45) is 2.68. The van der Waals surface area contributed by atoms with Crippen LogP contribution in [-0.4, -0.2) is 16.3 Å². The fraction of sp³-hybridized carbons (Fsp3) is 0.471. The Hall–Kier alpha value is -1.68. The standard InChI is InChI=1S/C17H24FN3/c1-4-10-19-17(15-8-6-7-9-16(15)18)12-14-11-13(5-2)20-21(14)3/h6-9,11,17,19H,4-5,10,12H2,1-3H3. The predicted molar refractivity (Wildman–Crippen MR) is 83.7 cm³/mol. The van der Waals surface area contributed by atoms with Gasteiger partial charge >= 0.3 is 0 Å². The van der Waals surface area contributed by atoms with Crippen molar-refractivity contribution in [2.75, 3.05) is 6.54 Å². The van der Waals surface area contributed by atoms with E-state index in [1.807, 2.05) is 23.9 Å². The Bertz CT molecular complexity index is 577. The van der Waals surface area contributed by atoms with Gasteiger partial charge in [-0.15, -0.1) is 0 Å². The van der Waals surface area contributed by atoms with E-state index in [1.165, 1.54) is 6.07 Å². The molecule has 1 aromatic carbocycles. The van der Waals surface area contributed by atoms with Gasteiger partial charge in [-0.1, -0.05) is 32.0 Å². The summed E-state index contributed by atoms with van der Waals surface area (Å²) in [5.74, 6) is -0.149. The summed E-state index contributed by atoms with van der Waals surface area (Å²) in [4.78, 5) is 0. The lowest BCUT2D eigenvalue weighted by Gasteiger charge is -2.19. The van der Waals surface area contributed by atoms with Crippen molar-refractivity contribution in [3.05, 3.63) is 53.1 Å². The molecule has 0 aliphatic rings.